The third-order valence-electron chi connectivity index (χ3n) is 4.97. The molecule has 2 aromatic rings. The molecule has 1 aliphatic rings. The molecule has 0 radical (unpaired) electrons. The standard InChI is InChI=1S/C20H29ClN4O2S/c1-15(2)25-14-18(19(22-25)20(3,4)5)28(26,27)24-11-9-23(10-12-24)17-8-6-7-16(21)13-17/h6-8,13-15H,9-12H2,1-5H3. The smallest absolute Gasteiger partial charge is 0.246 e. The van der Waals surface area contributed by atoms with E-state index in [0.717, 1.165) is 5.69 Å². The summed E-state index contributed by atoms with van der Waals surface area (Å²) in [6, 6.07) is 7.77. The first-order valence-electron chi connectivity index (χ1n) is 9.60. The number of benzene rings is 1. The average Bonchev–Trinajstić information content (AvgIpc) is 3.09. The van der Waals surface area contributed by atoms with Gasteiger partial charge in [0.15, 0.2) is 0 Å². The topological polar surface area (TPSA) is 58.4 Å². The van der Waals surface area contributed by atoms with Crippen molar-refractivity contribution in [1.82, 2.24) is 14.1 Å². The first-order valence-corrected chi connectivity index (χ1v) is 11.4. The van der Waals surface area contributed by atoms with Gasteiger partial charge in [-0.05, 0) is 32.0 Å². The molecule has 1 saturated heterocycles. The molecule has 0 bridgehead atoms. The Morgan fingerprint density at radius 3 is 2.29 bits per heavy atom. The monoisotopic (exact) mass is 424 g/mol. The van der Waals surface area contributed by atoms with Crippen LogP contribution in [0.2, 0.25) is 5.02 Å². The van der Waals surface area contributed by atoms with Gasteiger partial charge in [0, 0.05) is 54.5 Å². The second-order valence-electron chi connectivity index (χ2n) is 8.54. The number of halogens is 1. The molecule has 1 aromatic heterocycles. The molecule has 0 unspecified atom stereocenters. The van der Waals surface area contributed by atoms with Crippen LogP contribution in [0, 0.1) is 0 Å². The predicted octanol–water partition coefficient (Wildman–Crippen LogP) is 3.93. The SMILES string of the molecule is CC(C)n1cc(S(=O)(=O)N2CCN(c3cccc(Cl)c3)CC2)c(C(C)(C)C)n1. The van der Waals surface area contributed by atoms with Gasteiger partial charge in [-0.25, -0.2) is 8.42 Å². The second-order valence-corrected chi connectivity index (χ2v) is 10.9. The molecule has 28 heavy (non-hydrogen) atoms. The lowest BCUT2D eigenvalue weighted by atomic mass is 9.92. The lowest BCUT2D eigenvalue weighted by Crippen LogP contribution is -2.48. The van der Waals surface area contributed by atoms with Crippen molar-refractivity contribution in [2.24, 2.45) is 0 Å². The molecular weight excluding hydrogens is 396 g/mol. The Labute approximate surface area is 173 Å². The van der Waals surface area contributed by atoms with Crippen LogP contribution < -0.4 is 4.90 Å². The van der Waals surface area contributed by atoms with Crippen LogP contribution in [-0.4, -0.2) is 48.7 Å². The van der Waals surface area contributed by atoms with E-state index in [9.17, 15) is 8.42 Å². The molecule has 6 nitrogen and oxygen atoms in total. The number of sulfonamides is 1. The van der Waals surface area contributed by atoms with E-state index in [1.54, 1.807) is 15.2 Å². The molecular formula is C20H29ClN4O2S. The predicted molar refractivity (Wildman–Crippen MR) is 114 cm³/mol. The van der Waals surface area contributed by atoms with Crippen LogP contribution in [0.15, 0.2) is 35.4 Å². The summed E-state index contributed by atoms with van der Waals surface area (Å²) in [6.45, 7) is 12.1. The largest absolute Gasteiger partial charge is 0.369 e. The van der Waals surface area contributed by atoms with E-state index in [1.807, 2.05) is 58.9 Å². The minimum absolute atomic E-state index is 0.102. The van der Waals surface area contributed by atoms with Crippen LogP contribution in [0.5, 0.6) is 0 Å². The highest BCUT2D eigenvalue weighted by Crippen LogP contribution is 2.31. The summed E-state index contributed by atoms with van der Waals surface area (Å²) in [7, 11) is -3.61. The molecule has 0 aliphatic carbocycles. The minimum Gasteiger partial charge on any atom is -0.369 e. The maximum Gasteiger partial charge on any atom is 0.246 e. The van der Waals surface area contributed by atoms with E-state index in [-0.39, 0.29) is 11.5 Å². The lowest BCUT2D eigenvalue weighted by Gasteiger charge is -2.35. The molecule has 154 valence electrons. The molecule has 1 fully saturated rings. The van der Waals surface area contributed by atoms with Crippen molar-refractivity contribution in [3.05, 3.63) is 41.2 Å². The number of hydrogen-bond acceptors (Lipinski definition) is 4. The van der Waals surface area contributed by atoms with Crippen molar-refractivity contribution in [2.75, 3.05) is 31.1 Å². The number of hydrogen-bond donors (Lipinski definition) is 0. The number of anilines is 1. The molecule has 0 atom stereocenters. The van der Waals surface area contributed by atoms with Gasteiger partial charge < -0.3 is 4.90 Å². The number of rotatable bonds is 4. The zero-order valence-corrected chi connectivity index (χ0v) is 18.8. The zero-order valence-electron chi connectivity index (χ0n) is 17.2. The number of piperazine rings is 1. The van der Waals surface area contributed by atoms with Gasteiger partial charge >= 0.3 is 0 Å². The lowest BCUT2D eigenvalue weighted by molar-refractivity contribution is 0.383. The van der Waals surface area contributed by atoms with Gasteiger partial charge in [-0.1, -0.05) is 38.4 Å². The number of nitrogens with zero attached hydrogens (tertiary/aromatic N) is 4. The summed E-state index contributed by atoms with van der Waals surface area (Å²) in [5.74, 6) is 0. The van der Waals surface area contributed by atoms with Crippen molar-refractivity contribution in [3.63, 3.8) is 0 Å². The van der Waals surface area contributed by atoms with E-state index >= 15 is 0 Å². The van der Waals surface area contributed by atoms with E-state index in [4.69, 9.17) is 11.6 Å². The molecule has 1 aromatic carbocycles. The molecule has 0 amide bonds. The van der Waals surface area contributed by atoms with Crippen molar-refractivity contribution in [2.45, 2.75) is 51.0 Å². The maximum absolute atomic E-state index is 13.4. The fourth-order valence-electron chi connectivity index (χ4n) is 3.35. The van der Waals surface area contributed by atoms with E-state index < -0.39 is 10.0 Å². The average molecular weight is 425 g/mol. The van der Waals surface area contributed by atoms with Crippen LogP contribution in [-0.2, 0) is 15.4 Å². The molecule has 0 N–H and O–H groups in total. The molecule has 3 rings (SSSR count). The van der Waals surface area contributed by atoms with Gasteiger partial charge in [0.1, 0.15) is 4.90 Å². The second kappa shape index (κ2) is 7.69. The number of aromatic nitrogens is 2. The first-order chi connectivity index (χ1) is 13.0. The highest BCUT2D eigenvalue weighted by Gasteiger charge is 2.35. The Bertz CT molecular complexity index is 939. The van der Waals surface area contributed by atoms with E-state index in [0.29, 0.717) is 41.8 Å². The summed E-state index contributed by atoms with van der Waals surface area (Å²) >= 11 is 6.09. The van der Waals surface area contributed by atoms with Crippen LogP contribution in [0.1, 0.15) is 46.4 Å². The summed E-state index contributed by atoms with van der Waals surface area (Å²) in [5.41, 5.74) is 1.29. The van der Waals surface area contributed by atoms with E-state index in [1.165, 1.54) is 0 Å². The highest BCUT2D eigenvalue weighted by molar-refractivity contribution is 7.89. The normalized spacial score (nSPS) is 16.8. The van der Waals surface area contributed by atoms with E-state index in [2.05, 4.69) is 10.00 Å². The van der Waals surface area contributed by atoms with Crippen LogP contribution in [0.3, 0.4) is 0 Å². The van der Waals surface area contributed by atoms with Gasteiger partial charge in [0.25, 0.3) is 0 Å². The Morgan fingerprint density at radius 1 is 1.11 bits per heavy atom. The third-order valence-corrected chi connectivity index (χ3v) is 7.10. The van der Waals surface area contributed by atoms with Crippen molar-refractivity contribution in [3.8, 4) is 0 Å². The third kappa shape index (κ3) is 4.21. The minimum atomic E-state index is -3.61. The molecule has 0 spiro atoms. The van der Waals surface area contributed by atoms with Crippen molar-refractivity contribution in [1.29, 1.82) is 0 Å². The summed E-state index contributed by atoms with van der Waals surface area (Å²) in [6.07, 6.45) is 1.68. The summed E-state index contributed by atoms with van der Waals surface area (Å²) in [4.78, 5) is 2.49. The fraction of sp³-hybridized carbons (Fsp3) is 0.550. The van der Waals surface area contributed by atoms with Crippen molar-refractivity contribution < 1.29 is 8.42 Å². The van der Waals surface area contributed by atoms with Crippen molar-refractivity contribution >= 4 is 27.3 Å². The molecule has 2 heterocycles. The Morgan fingerprint density at radius 2 is 1.75 bits per heavy atom. The van der Waals surface area contributed by atoms with Gasteiger partial charge in [-0.3, -0.25) is 4.68 Å². The van der Waals surface area contributed by atoms with Gasteiger partial charge in [-0.2, -0.15) is 9.40 Å². The maximum atomic E-state index is 13.4. The first kappa shape index (κ1) is 21.1. The Kier molecular flexibility index (Phi) is 5.81. The highest BCUT2D eigenvalue weighted by atomic mass is 35.5. The van der Waals surface area contributed by atoms with Crippen LogP contribution in [0.25, 0.3) is 0 Å². The quantitative estimate of drug-likeness (QED) is 0.746. The Balaban J connectivity index is 1.85. The van der Waals surface area contributed by atoms with Crippen LogP contribution >= 0.6 is 11.6 Å². The molecule has 8 heteroatoms. The molecule has 0 saturated carbocycles. The summed E-state index contributed by atoms with van der Waals surface area (Å²) < 4.78 is 30.2. The fourth-order valence-corrected chi connectivity index (χ4v) is 5.29. The van der Waals surface area contributed by atoms with Crippen LogP contribution in [0.4, 0.5) is 5.69 Å². The molecule has 1 aliphatic heterocycles. The zero-order chi connectivity index (χ0) is 20.7. The summed E-state index contributed by atoms with van der Waals surface area (Å²) in [5, 5.41) is 5.28. The van der Waals surface area contributed by atoms with Gasteiger partial charge in [0.05, 0.1) is 5.69 Å². The Hall–Kier alpha value is -1.57. The van der Waals surface area contributed by atoms with Gasteiger partial charge in [0.2, 0.25) is 10.0 Å². The van der Waals surface area contributed by atoms with Gasteiger partial charge in [-0.15, -0.1) is 0 Å².